The van der Waals surface area contributed by atoms with Crippen molar-refractivity contribution in [2.75, 3.05) is 0 Å². The van der Waals surface area contributed by atoms with E-state index in [1.165, 1.54) is 36.2 Å². The van der Waals surface area contributed by atoms with Crippen LogP contribution in [0, 0.1) is 5.82 Å². The number of carbonyl (C=O) groups excluding carboxylic acids is 1. The fourth-order valence-electron chi connectivity index (χ4n) is 3.53. The molecular weight excluding hydrogens is 321 g/mol. The van der Waals surface area contributed by atoms with Gasteiger partial charge >= 0.3 is 0 Å². The monoisotopic (exact) mass is 345 g/mol. The summed E-state index contributed by atoms with van der Waals surface area (Å²) in [7, 11) is 0. The van der Waals surface area contributed by atoms with Crippen LogP contribution in [0.3, 0.4) is 0 Å². The SMILES string of the molecule is CC(C)N(C(=O)Cn1nnc(-c2cccc(F)c2)n1)C1CCCCC1. The molecule has 1 heterocycles. The molecule has 1 amide bonds. The van der Waals surface area contributed by atoms with Gasteiger partial charge in [0.25, 0.3) is 0 Å². The van der Waals surface area contributed by atoms with E-state index in [1.54, 1.807) is 12.1 Å². The lowest BCUT2D eigenvalue weighted by Crippen LogP contribution is -2.47. The maximum Gasteiger partial charge on any atom is 0.246 e. The lowest BCUT2D eigenvalue weighted by atomic mass is 9.93. The Morgan fingerprint density at radius 1 is 1.32 bits per heavy atom. The van der Waals surface area contributed by atoms with E-state index < -0.39 is 0 Å². The lowest BCUT2D eigenvalue weighted by molar-refractivity contribution is -0.137. The maximum absolute atomic E-state index is 13.3. The summed E-state index contributed by atoms with van der Waals surface area (Å²) in [6, 6.07) is 6.47. The smallest absolute Gasteiger partial charge is 0.246 e. The first-order valence-electron chi connectivity index (χ1n) is 8.89. The molecule has 0 aliphatic heterocycles. The fraction of sp³-hybridized carbons (Fsp3) is 0.556. The van der Waals surface area contributed by atoms with Crippen LogP contribution in [-0.2, 0) is 11.3 Å². The molecule has 25 heavy (non-hydrogen) atoms. The molecule has 1 aromatic heterocycles. The minimum atomic E-state index is -0.354. The van der Waals surface area contributed by atoms with Gasteiger partial charge < -0.3 is 4.90 Å². The van der Waals surface area contributed by atoms with Gasteiger partial charge in [0.05, 0.1) is 0 Å². The summed E-state index contributed by atoms with van der Waals surface area (Å²) in [4.78, 5) is 16.0. The first kappa shape index (κ1) is 17.5. The van der Waals surface area contributed by atoms with Crippen molar-refractivity contribution >= 4 is 5.91 Å². The summed E-state index contributed by atoms with van der Waals surface area (Å²) in [5.41, 5.74) is 0.548. The molecule has 1 aliphatic rings. The number of hydrogen-bond donors (Lipinski definition) is 0. The van der Waals surface area contributed by atoms with Crippen LogP contribution in [0.5, 0.6) is 0 Å². The standard InChI is InChI=1S/C18H24FN5O/c1-13(2)24(16-9-4-3-5-10-16)17(25)12-23-21-18(20-22-23)14-7-6-8-15(19)11-14/h6-8,11,13,16H,3-5,9-10,12H2,1-2H3. The molecule has 3 rings (SSSR count). The van der Waals surface area contributed by atoms with E-state index in [9.17, 15) is 9.18 Å². The van der Waals surface area contributed by atoms with Gasteiger partial charge in [-0.3, -0.25) is 4.79 Å². The number of hydrogen-bond acceptors (Lipinski definition) is 4. The van der Waals surface area contributed by atoms with E-state index in [0.29, 0.717) is 17.4 Å². The maximum atomic E-state index is 13.3. The zero-order chi connectivity index (χ0) is 17.8. The lowest BCUT2D eigenvalue weighted by Gasteiger charge is -2.37. The average molecular weight is 345 g/mol. The third kappa shape index (κ3) is 4.21. The predicted octanol–water partition coefficient (Wildman–Crippen LogP) is 3.05. The topological polar surface area (TPSA) is 63.9 Å². The molecule has 0 bridgehead atoms. The van der Waals surface area contributed by atoms with Gasteiger partial charge in [0.15, 0.2) is 0 Å². The van der Waals surface area contributed by atoms with E-state index >= 15 is 0 Å². The molecule has 6 nitrogen and oxygen atoms in total. The van der Waals surface area contributed by atoms with Gasteiger partial charge in [-0.1, -0.05) is 31.4 Å². The summed E-state index contributed by atoms with van der Waals surface area (Å²) < 4.78 is 13.3. The summed E-state index contributed by atoms with van der Waals surface area (Å²) in [5, 5.41) is 12.1. The van der Waals surface area contributed by atoms with Gasteiger partial charge in [0.2, 0.25) is 11.7 Å². The first-order valence-corrected chi connectivity index (χ1v) is 8.89. The molecule has 1 fully saturated rings. The molecule has 7 heteroatoms. The minimum absolute atomic E-state index is 0.00472. The summed E-state index contributed by atoms with van der Waals surface area (Å²) in [6.45, 7) is 4.13. The highest BCUT2D eigenvalue weighted by molar-refractivity contribution is 5.76. The van der Waals surface area contributed by atoms with E-state index in [-0.39, 0.29) is 24.3 Å². The average Bonchev–Trinajstić information content (AvgIpc) is 3.04. The van der Waals surface area contributed by atoms with E-state index in [0.717, 1.165) is 12.8 Å². The molecule has 2 aromatic rings. The molecular formula is C18H24FN5O. The Labute approximate surface area is 147 Å². The molecule has 0 saturated heterocycles. The van der Waals surface area contributed by atoms with Crippen LogP contribution in [0.1, 0.15) is 46.0 Å². The van der Waals surface area contributed by atoms with Crippen molar-refractivity contribution < 1.29 is 9.18 Å². The number of tetrazole rings is 1. The normalized spacial score (nSPS) is 15.5. The van der Waals surface area contributed by atoms with Crippen molar-refractivity contribution in [1.29, 1.82) is 0 Å². The minimum Gasteiger partial charge on any atom is -0.336 e. The predicted molar refractivity (Wildman–Crippen MR) is 92.1 cm³/mol. The molecule has 134 valence electrons. The quantitative estimate of drug-likeness (QED) is 0.835. The Morgan fingerprint density at radius 3 is 2.76 bits per heavy atom. The Balaban J connectivity index is 1.71. The van der Waals surface area contributed by atoms with Gasteiger partial charge in [-0.15, -0.1) is 10.2 Å². The van der Waals surface area contributed by atoms with E-state index in [2.05, 4.69) is 15.4 Å². The van der Waals surface area contributed by atoms with Crippen LogP contribution in [0.2, 0.25) is 0 Å². The highest BCUT2D eigenvalue weighted by atomic mass is 19.1. The van der Waals surface area contributed by atoms with Gasteiger partial charge in [0, 0.05) is 17.6 Å². The number of aromatic nitrogens is 4. The summed E-state index contributed by atoms with van der Waals surface area (Å²) in [6.07, 6.45) is 5.71. The number of benzene rings is 1. The molecule has 0 radical (unpaired) electrons. The molecule has 0 spiro atoms. The molecule has 1 aromatic carbocycles. The van der Waals surface area contributed by atoms with Crippen molar-refractivity contribution in [3.8, 4) is 11.4 Å². The second-order valence-electron chi connectivity index (χ2n) is 6.84. The van der Waals surface area contributed by atoms with Crippen LogP contribution in [0.15, 0.2) is 24.3 Å². The number of carbonyl (C=O) groups is 1. The number of halogens is 1. The molecule has 0 unspecified atom stereocenters. The van der Waals surface area contributed by atoms with Gasteiger partial charge in [-0.25, -0.2) is 4.39 Å². The Hall–Kier alpha value is -2.31. The number of rotatable bonds is 5. The molecule has 0 atom stereocenters. The Morgan fingerprint density at radius 2 is 2.08 bits per heavy atom. The molecule has 1 aliphatic carbocycles. The molecule has 0 N–H and O–H groups in total. The second kappa shape index (κ2) is 7.72. The van der Waals surface area contributed by atoms with Crippen LogP contribution in [0.4, 0.5) is 4.39 Å². The van der Waals surface area contributed by atoms with Crippen molar-refractivity contribution in [2.24, 2.45) is 0 Å². The van der Waals surface area contributed by atoms with Gasteiger partial charge in [-0.05, 0) is 44.0 Å². The largest absolute Gasteiger partial charge is 0.336 e. The van der Waals surface area contributed by atoms with Crippen molar-refractivity contribution in [3.63, 3.8) is 0 Å². The second-order valence-corrected chi connectivity index (χ2v) is 6.84. The third-order valence-corrected chi connectivity index (χ3v) is 4.62. The van der Waals surface area contributed by atoms with E-state index in [4.69, 9.17) is 0 Å². The van der Waals surface area contributed by atoms with Crippen LogP contribution >= 0.6 is 0 Å². The Bertz CT molecular complexity index is 724. The van der Waals surface area contributed by atoms with Gasteiger partial charge in [-0.2, -0.15) is 4.80 Å². The number of nitrogens with zero attached hydrogens (tertiary/aromatic N) is 5. The van der Waals surface area contributed by atoms with Crippen molar-refractivity contribution in [2.45, 2.75) is 64.6 Å². The highest BCUT2D eigenvalue weighted by Crippen LogP contribution is 2.24. The summed E-state index contributed by atoms with van der Waals surface area (Å²) >= 11 is 0. The summed E-state index contributed by atoms with van der Waals surface area (Å²) in [5.74, 6) is -0.0284. The number of amides is 1. The fourth-order valence-corrected chi connectivity index (χ4v) is 3.53. The van der Waals surface area contributed by atoms with Crippen molar-refractivity contribution in [1.82, 2.24) is 25.1 Å². The zero-order valence-corrected chi connectivity index (χ0v) is 14.7. The van der Waals surface area contributed by atoms with Gasteiger partial charge in [0.1, 0.15) is 12.4 Å². The van der Waals surface area contributed by atoms with Crippen LogP contribution in [0.25, 0.3) is 11.4 Å². The third-order valence-electron chi connectivity index (χ3n) is 4.62. The van der Waals surface area contributed by atoms with Crippen LogP contribution in [-0.4, -0.2) is 43.1 Å². The van der Waals surface area contributed by atoms with Crippen molar-refractivity contribution in [3.05, 3.63) is 30.1 Å². The zero-order valence-electron chi connectivity index (χ0n) is 14.7. The van der Waals surface area contributed by atoms with Crippen LogP contribution < -0.4 is 0 Å². The van der Waals surface area contributed by atoms with E-state index in [1.807, 2.05) is 18.7 Å². The highest BCUT2D eigenvalue weighted by Gasteiger charge is 2.28. The molecule has 1 saturated carbocycles. The Kier molecular flexibility index (Phi) is 5.40. The first-order chi connectivity index (χ1) is 12.0.